The molecule has 0 N–H and O–H groups in total. The van der Waals surface area contributed by atoms with Gasteiger partial charge in [0, 0.05) is 0 Å². The number of benzene rings is 2. The summed E-state index contributed by atoms with van der Waals surface area (Å²) in [6.45, 7) is 12.1. The largest absolute Gasteiger partial charge is 1.00 e. The monoisotopic (exact) mass is 520 g/mol. The second-order valence-corrected chi connectivity index (χ2v) is 15.4. The maximum absolute atomic E-state index is 2.59. The number of hydrogen-bond acceptors (Lipinski definition) is 0. The van der Waals surface area contributed by atoms with E-state index in [4.69, 9.17) is 0 Å². The van der Waals surface area contributed by atoms with Crippen molar-refractivity contribution >= 4 is 20.1 Å². The van der Waals surface area contributed by atoms with Crippen molar-refractivity contribution in [2.45, 2.75) is 53.2 Å². The molecule has 4 heteroatoms. The number of fused-ring (bicyclic) bond motifs is 2. The molecular formula is C25H29Cl2PZr. The molecule has 2 aromatic rings. The minimum atomic E-state index is -0.730. The molecule has 0 aliphatic heterocycles. The van der Waals surface area contributed by atoms with E-state index < -0.39 is 23.2 Å². The second-order valence-electron chi connectivity index (χ2n) is 8.34. The van der Waals surface area contributed by atoms with E-state index in [1.54, 1.807) is 22.0 Å². The molecule has 2 atom stereocenters. The molecule has 4 rings (SSSR count). The Kier molecular flexibility index (Phi) is 9.01. The third kappa shape index (κ3) is 4.85. The van der Waals surface area contributed by atoms with Gasteiger partial charge in [0.15, 0.2) is 0 Å². The Balaban J connectivity index is 0.00000150. The molecule has 0 amide bonds. The molecule has 0 aromatic heterocycles. The summed E-state index contributed by atoms with van der Waals surface area (Å²) < 4.78 is 1.46. The number of halogens is 2. The average Bonchev–Trinajstić information content (AvgIpc) is 3.13. The van der Waals surface area contributed by atoms with Crippen molar-refractivity contribution in [2.75, 3.05) is 0 Å². The van der Waals surface area contributed by atoms with Crippen molar-refractivity contribution in [1.82, 2.24) is 0 Å². The molecule has 0 radical (unpaired) electrons. The predicted octanol–water partition coefficient (Wildman–Crippen LogP) is 1.63. The topological polar surface area (TPSA) is 0 Å². The summed E-state index contributed by atoms with van der Waals surface area (Å²) in [7, 11) is -0.0831. The fourth-order valence-electron chi connectivity index (χ4n) is 4.77. The van der Waals surface area contributed by atoms with Crippen LogP contribution in [0.2, 0.25) is 0 Å². The summed E-state index contributed by atoms with van der Waals surface area (Å²) in [5, 5.41) is 1.81. The van der Waals surface area contributed by atoms with Gasteiger partial charge in [0.25, 0.3) is 0 Å². The number of hydrogen-bond donors (Lipinski definition) is 0. The molecule has 2 aliphatic rings. The van der Waals surface area contributed by atoms with Crippen LogP contribution >= 0.6 is 7.92 Å². The van der Waals surface area contributed by atoms with E-state index >= 15 is 0 Å². The van der Waals surface area contributed by atoms with Gasteiger partial charge in [0.1, 0.15) is 0 Å². The molecule has 0 saturated heterocycles. The van der Waals surface area contributed by atoms with Crippen molar-refractivity contribution in [1.29, 1.82) is 0 Å². The van der Waals surface area contributed by atoms with E-state index in [1.165, 1.54) is 11.1 Å². The molecule has 2 unspecified atom stereocenters. The molecule has 29 heavy (non-hydrogen) atoms. The standard InChI is InChI=1S/C15H20P.C10H9.2ClH.Zr/c1-11(2)16(12(3)4)15-9-13-7-5-6-8-14(13)10-15;1-8-6-9-4-2-3-5-10(9)7-8;;;/h5-12H,1-4H3;2-7H,1H3;2*1H;/q;;;;+2/p-2. The van der Waals surface area contributed by atoms with Crippen LogP contribution in [0.1, 0.15) is 64.1 Å². The maximum Gasteiger partial charge on any atom is -1.00 e. The van der Waals surface area contributed by atoms with Crippen LogP contribution in [0, 0.1) is 0 Å². The van der Waals surface area contributed by atoms with Crippen molar-refractivity contribution in [2.24, 2.45) is 0 Å². The Morgan fingerprint density at radius 1 is 0.724 bits per heavy atom. The van der Waals surface area contributed by atoms with Gasteiger partial charge in [-0.3, -0.25) is 0 Å². The first-order valence-electron chi connectivity index (χ1n) is 10.1. The van der Waals surface area contributed by atoms with E-state index in [1.807, 2.05) is 0 Å². The Hall–Kier alpha value is -0.187. The van der Waals surface area contributed by atoms with E-state index in [-0.39, 0.29) is 32.7 Å². The molecule has 0 saturated carbocycles. The minimum Gasteiger partial charge on any atom is -1.00 e. The summed E-state index contributed by atoms with van der Waals surface area (Å²) >= 11 is -0.730. The molecule has 0 fully saturated rings. The third-order valence-electron chi connectivity index (χ3n) is 5.80. The summed E-state index contributed by atoms with van der Waals surface area (Å²) in [6, 6.07) is 18.3. The van der Waals surface area contributed by atoms with Crippen molar-refractivity contribution < 1.29 is 48.0 Å². The van der Waals surface area contributed by atoms with Crippen LogP contribution in [0.25, 0.3) is 12.2 Å². The molecule has 0 heterocycles. The van der Waals surface area contributed by atoms with Gasteiger partial charge >= 0.3 is 178 Å². The quantitative estimate of drug-likeness (QED) is 0.524. The zero-order valence-electron chi connectivity index (χ0n) is 17.8. The van der Waals surface area contributed by atoms with Crippen LogP contribution in [0.15, 0.2) is 59.4 Å². The maximum atomic E-state index is 2.59. The smallest absolute Gasteiger partial charge is 1.00 e. The third-order valence-corrected chi connectivity index (χ3v) is 14.7. The van der Waals surface area contributed by atoms with E-state index in [9.17, 15) is 0 Å². The number of rotatable bonds is 5. The average molecular weight is 523 g/mol. The molecule has 2 aromatic carbocycles. The molecule has 0 bridgehead atoms. The van der Waals surface area contributed by atoms with Gasteiger partial charge in [-0.05, 0) is 0 Å². The van der Waals surface area contributed by atoms with Gasteiger partial charge in [0.05, 0.1) is 0 Å². The summed E-state index contributed by atoms with van der Waals surface area (Å²) in [5.74, 6) is 0. The molecule has 2 aliphatic carbocycles. The van der Waals surface area contributed by atoms with Gasteiger partial charge in [-0.15, -0.1) is 0 Å². The molecule has 152 valence electrons. The van der Waals surface area contributed by atoms with E-state index in [0.717, 1.165) is 18.6 Å². The van der Waals surface area contributed by atoms with Crippen LogP contribution < -0.4 is 24.8 Å². The van der Waals surface area contributed by atoms with Crippen LogP contribution in [0.3, 0.4) is 0 Å². The van der Waals surface area contributed by atoms with Gasteiger partial charge in [-0.1, -0.05) is 0 Å². The van der Waals surface area contributed by atoms with Crippen LogP contribution in [0.4, 0.5) is 0 Å². The van der Waals surface area contributed by atoms with Gasteiger partial charge < -0.3 is 24.8 Å². The zero-order valence-corrected chi connectivity index (χ0v) is 22.7. The molecule has 0 spiro atoms. The van der Waals surface area contributed by atoms with Crippen molar-refractivity contribution in [3.63, 3.8) is 0 Å². The summed E-state index contributed by atoms with van der Waals surface area (Å²) in [6.07, 6.45) is 5.03. The Bertz CT molecular complexity index is 909. The zero-order chi connectivity index (χ0) is 19.1. The first-order valence-corrected chi connectivity index (χ1v) is 14.4. The van der Waals surface area contributed by atoms with Crippen LogP contribution in [-0.2, 0) is 23.2 Å². The minimum absolute atomic E-state index is 0. The van der Waals surface area contributed by atoms with Crippen LogP contribution in [-0.4, -0.2) is 11.3 Å². The Morgan fingerprint density at radius 3 is 1.76 bits per heavy atom. The Labute approximate surface area is 201 Å². The van der Waals surface area contributed by atoms with E-state index in [0.29, 0.717) is 0 Å². The fourth-order valence-corrected chi connectivity index (χ4v) is 13.9. The first kappa shape index (κ1) is 25.1. The summed E-state index contributed by atoms with van der Waals surface area (Å²) in [5.41, 5.74) is 9.32. The van der Waals surface area contributed by atoms with Crippen molar-refractivity contribution in [3.8, 4) is 0 Å². The molecular weight excluding hydrogens is 493 g/mol. The van der Waals surface area contributed by atoms with Gasteiger partial charge in [0.2, 0.25) is 0 Å². The fraction of sp³-hybridized carbons (Fsp3) is 0.360. The first-order chi connectivity index (χ1) is 13.0. The van der Waals surface area contributed by atoms with Gasteiger partial charge in [-0.25, -0.2) is 0 Å². The normalized spacial score (nSPS) is 19.2. The van der Waals surface area contributed by atoms with Crippen molar-refractivity contribution in [3.05, 3.63) is 81.7 Å². The van der Waals surface area contributed by atoms with E-state index in [2.05, 4.69) is 95.3 Å². The summed E-state index contributed by atoms with van der Waals surface area (Å²) in [4.78, 5) is 0. The van der Waals surface area contributed by atoms with Gasteiger partial charge in [-0.2, -0.15) is 0 Å². The number of allylic oxidation sites excluding steroid dienone is 2. The Morgan fingerprint density at radius 2 is 1.21 bits per heavy atom. The SMILES string of the molecule is CC1=Cc2ccccc2[CH]1[Zr+2][CH]1C(P(C(C)C)C(C)C)=Cc2ccccc21.[Cl-].[Cl-]. The second kappa shape index (κ2) is 10.4. The predicted molar refractivity (Wildman–Crippen MR) is 117 cm³/mol. The van der Waals surface area contributed by atoms with Crippen LogP contribution in [0.5, 0.6) is 0 Å². The molecule has 0 nitrogen and oxygen atoms in total.